The van der Waals surface area contributed by atoms with Crippen LogP contribution in [-0.4, -0.2) is 17.1 Å². The number of rotatable bonds is 3. The van der Waals surface area contributed by atoms with Crippen LogP contribution in [0.15, 0.2) is 29.8 Å². The minimum atomic E-state index is 0.291. The lowest BCUT2D eigenvalue weighted by Gasteiger charge is -2.22. The molecular formula is C13H14N4OS. The topological polar surface area (TPSA) is 73.1 Å². The quantitative estimate of drug-likeness (QED) is 0.837. The molecule has 1 unspecified atom stereocenters. The smallest absolute Gasteiger partial charge is 0.220 e. The Hall–Kier alpha value is -1.92. The summed E-state index contributed by atoms with van der Waals surface area (Å²) in [4.78, 5) is 14.7. The van der Waals surface area contributed by atoms with Crippen molar-refractivity contribution in [2.45, 2.75) is 12.3 Å². The molecule has 1 aliphatic rings. The number of aromatic nitrogens is 2. The van der Waals surface area contributed by atoms with Crippen LogP contribution in [0.2, 0.25) is 0 Å². The number of allylic oxidation sites excluding steroid dienone is 1. The summed E-state index contributed by atoms with van der Waals surface area (Å²) in [6, 6.07) is 4.19. The summed E-state index contributed by atoms with van der Waals surface area (Å²) in [5.74, 6) is 0.599. The molecule has 19 heavy (non-hydrogen) atoms. The maximum atomic E-state index is 5.67. The predicted octanol–water partition coefficient (Wildman–Crippen LogP) is 1.95. The molecule has 1 atom stereocenters. The van der Waals surface area contributed by atoms with Crippen LogP contribution in [-0.2, 0) is 11.3 Å². The number of nitrogens with two attached hydrogens (primary N) is 1. The number of hydrogen-bond acceptors (Lipinski definition) is 6. The number of hydroxylamine groups is 1. The molecule has 2 aromatic rings. The van der Waals surface area contributed by atoms with E-state index in [0.29, 0.717) is 11.9 Å². The molecule has 0 amide bonds. The SMILES string of the molecule is CONC1=CC(c2cccs2)Cc2nc(N)ncc21. The van der Waals surface area contributed by atoms with Crippen LogP contribution in [0.4, 0.5) is 5.95 Å². The number of hydrogen-bond donors (Lipinski definition) is 2. The van der Waals surface area contributed by atoms with Crippen LogP contribution >= 0.6 is 11.3 Å². The van der Waals surface area contributed by atoms with Gasteiger partial charge in [0.1, 0.15) is 0 Å². The van der Waals surface area contributed by atoms with Crippen molar-refractivity contribution in [3.05, 3.63) is 45.9 Å². The van der Waals surface area contributed by atoms with Crippen molar-refractivity contribution in [3.8, 4) is 0 Å². The number of thiophene rings is 1. The third kappa shape index (κ3) is 2.32. The molecule has 0 bridgehead atoms. The highest BCUT2D eigenvalue weighted by atomic mass is 32.1. The molecule has 2 aromatic heterocycles. The molecule has 98 valence electrons. The maximum absolute atomic E-state index is 5.67. The van der Waals surface area contributed by atoms with Gasteiger partial charge in [-0.1, -0.05) is 6.07 Å². The second kappa shape index (κ2) is 4.99. The molecule has 0 aromatic carbocycles. The lowest BCUT2D eigenvalue weighted by atomic mass is 9.91. The zero-order valence-electron chi connectivity index (χ0n) is 10.5. The van der Waals surface area contributed by atoms with Gasteiger partial charge in [-0.25, -0.2) is 9.97 Å². The van der Waals surface area contributed by atoms with E-state index in [9.17, 15) is 0 Å². The Morgan fingerprint density at radius 1 is 1.53 bits per heavy atom. The Bertz CT molecular complexity index is 609. The van der Waals surface area contributed by atoms with Gasteiger partial charge in [-0.3, -0.25) is 10.3 Å². The average Bonchev–Trinajstić information content (AvgIpc) is 2.92. The summed E-state index contributed by atoms with van der Waals surface area (Å²) < 4.78 is 0. The highest BCUT2D eigenvalue weighted by Gasteiger charge is 2.23. The molecule has 0 aliphatic heterocycles. The lowest BCUT2D eigenvalue weighted by Crippen LogP contribution is -2.19. The van der Waals surface area contributed by atoms with Gasteiger partial charge in [0.25, 0.3) is 0 Å². The minimum absolute atomic E-state index is 0.291. The fourth-order valence-corrected chi connectivity index (χ4v) is 3.05. The molecule has 1 aliphatic carbocycles. The normalized spacial score (nSPS) is 17.7. The largest absolute Gasteiger partial charge is 0.368 e. The Morgan fingerprint density at radius 3 is 3.16 bits per heavy atom. The van der Waals surface area contributed by atoms with E-state index >= 15 is 0 Å². The van der Waals surface area contributed by atoms with Gasteiger partial charge in [0.15, 0.2) is 0 Å². The van der Waals surface area contributed by atoms with Gasteiger partial charge >= 0.3 is 0 Å². The van der Waals surface area contributed by atoms with Crippen molar-refractivity contribution in [1.82, 2.24) is 15.4 Å². The first-order valence-corrected chi connectivity index (χ1v) is 6.82. The van der Waals surface area contributed by atoms with Crippen LogP contribution in [0.25, 0.3) is 5.70 Å². The van der Waals surface area contributed by atoms with E-state index in [1.807, 2.05) is 0 Å². The highest BCUT2D eigenvalue weighted by Crippen LogP contribution is 2.34. The molecule has 5 nitrogen and oxygen atoms in total. The number of anilines is 1. The van der Waals surface area contributed by atoms with Gasteiger partial charge in [-0.05, 0) is 17.5 Å². The molecule has 6 heteroatoms. The summed E-state index contributed by atoms with van der Waals surface area (Å²) in [5.41, 5.74) is 11.4. The zero-order valence-corrected chi connectivity index (χ0v) is 11.3. The van der Waals surface area contributed by atoms with Gasteiger partial charge in [-0.2, -0.15) is 0 Å². The molecule has 0 fully saturated rings. The molecule has 3 rings (SSSR count). The van der Waals surface area contributed by atoms with Gasteiger partial charge in [0, 0.05) is 29.0 Å². The van der Waals surface area contributed by atoms with E-state index in [4.69, 9.17) is 10.6 Å². The standard InChI is InChI=1S/C13H14N4OS/c1-18-17-11-6-8(12-3-2-4-19-12)5-10-9(11)7-15-13(14)16-10/h2-4,6-8,17H,5H2,1H3,(H2,14,15,16). The highest BCUT2D eigenvalue weighted by molar-refractivity contribution is 7.10. The van der Waals surface area contributed by atoms with E-state index in [-0.39, 0.29) is 0 Å². The first-order chi connectivity index (χ1) is 9.28. The molecule has 0 radical (unpaired) electrons. The Balaban J connectivity index is 2.03. The molecule has 2 heterocycles. The van der Waals surface area contributed by atoms with Crippen molar-refractivity contribution in [2.75, 3.05) is 12.8 Å². The number of nitrogens with one attached hydrogen (secondary N) is 1. The van der Waals surface area contributed by atoms with E-state index in [2.05, 4.69) is 39.0 Å². The van der Waals surface area contributed by atoms with Gasteiger partial charge in [-0.15, -0.1) is 11.3 Å². The molecule has 3 N–H and O–H groups in total. The van der Waals surface area contributed by atoms with E-state index in [1.54, 1.807) is 24.6 Å². The monoisotopic (exact) mass is 274 g/mol. The van der Waals surface area contributed by atoms with Crippen LogP contribution in [0.3, 0.4) is 0 Å². The van der Waals surface area contributed by atoms with Crippen molar-refractivity contribution in [1.29, 1.82) is 0 Å². The summed E-state index contributed by atoms with van der Waals surface area (Å²) in [5, 5.41) is 2.08. The average molecular weight is 274 g/mol. The fraction of sp³-hybridized carbons (Fsp3) is 0.231. The van der Waals surface area contributed by atoms with Crippen LogP contribution in [0, 0.1) is 0 Å². The van der Waals surface area contributed by atoms with Crippen molar-refractivity contribution >= 4 is 23.0 Å². The summed E-state index contributed by atoms with van der Waals surface area (Å²) in [7, 11) is 1.59. The van der Waals surface area contributed by atoms with Crippen molar-refractivity contribution < 1.29 is 4.84 Å². The van der Waals surface area contributed by atoms with Gasteiger partial charge in [0.2, 0.25) is 5.95 Å². The van der Waals surface area contributed by atoms with E-state index in [1.165, 1.54) is 4.88 Å². The number of nitrogens with zero attached hydrogens (tertiary/aromatic N) is 2. The third-order valence-electron chi connectivity index (χ3n) is 3.08. The molecule has 0 saturated heterocycles. The summed E-state index contributed by atoms with van der Waals surface area (Å²) in [6.45, 7) is 0. The van der Waals surface area contributed by atoms with Gasteiger partial charge < -0.3 is 5.73 Å². The molecule has 0 saturated carbocycles. The number of nitrogen functional groups attached to an aromatic ring is 1. The Kier molecular flexibility index (Phi) is 3.18. The minimum Gasteiger partial charge on any atom is -0.368 e. The Morgan fingerprint density at radius 2 is 2.42 bits per heavy atom. The maximum Gasteiger partial charge on any atom is 0.220 e. The molecular weight excluding hydrogens is 260 g/mol. The Labute approximate surface area is 115 Å². The second-order valence-corrected chi connectivity index (χ2v) is 5.28. The molecule has 0 spiro atoms. The van der Waals surface area contributed by atoms with Crippen LogP contribution < -0.4 is 11.2 Å². The lowest BCUT2D eigenvalue weighted by molar-refractivity contribution is 0.136. The van der Waals surface area contributed by atoms with Gasteiger partial charge in [0.05, 0.1) is 18.5 Å². The first-order valence-electron chi connectivity index (χ1n) is 5.94. The third-order valence-corrected chi connectivity index (χ3v) is 4.08. The second-order valence-electron chi connectivity index (χ2n) is 4.30. The summed E-state index contributed by atoms with van der Waals surface area (Å²) in [6.07, 6.45) is 4.72. The van der Waals surface area contributed by atoms with Crippen molar-refractivity contribution in [2.24, 2.45) is 0 Å². The number of fused-ring (bicyclic) bond motifs is 1. The fourth-order valence-electron chi connectivity index (χ4n) is 2.26. The van der Waals surface area contributed by atoms with E-state index < -0.39 is 0 Å². The van der Waals surface area contributed by atoms with Crippen LogP contribution in [0.1, 0.15) is 22.1 Å². The van der Waals surface area contributed by atoms with E-state index in [0.717, 1.165) is 23.4 Å². The van der Waals surface area contributed by atoms with Crippen molar-refractivity contribution in [3.63, 3.8) is 0 Å². The van der Waals surface area contributed by atoms with Crippen LogP contribution in [0.5, 0.6) is 0 Å². The summed E-state index contributed by atoms with van der Waals surface area (Å²) >= 11 is 1.74. The first kappa shape index (κ1) is 12.1. The zero-order chi connectivity index (χ0) is 13.2. The predicted molar refractivity (Wildman–Crippen MR) is 75.3 cm³/mol.